The average Bonchev–Trinajstić information content (AvgIpc) is 2.79. The van der Waals surface area contributed by atoms with Gasteiger partial charge in [0.2, 0.25) is 17.7 Å². The summed E-state index contributed by atoms with van der Waals surface area (Å²) in [7, 11) is 0. The fourth-order valence-corrected chi connectivity index (χ4v) is 3.47. The zero-order valence-corrected chi connectivity index (χ0v) is 17.9. The van der Waals surface area contributed by atoms with Crippen molar-refractivity contribution in [2.45, 2.75) is 32.7 Å². The number of hydrogen-bond acceptors (Lipinski definition) is 4. The molecule has 1 aromatic heterocycles. The number of nitrogens with one attached hydrogen (secondary N) is 2. The molecule has 3 rings (SSSR count). The highest BCUT2D eigenvalue weighted by atomic mass is 16.2. The Morgan fingerprint density at radius 3 is 2.45 bits per heavy atom. The van der Waals surface area contributed by atoms with Crippen molar-refractivity contribution in [1.82, 2.24) is 15.2 Å². The first-order chi connectivity index (χ1) is 14.9. The molecule has 1 atom stereocenters. The number of rotatable bonds is 6. The number of aromatic nitrogens is 1. The van der Waals surface area contributed by atoms with E-state index in [9.17, 15) is 14.4 Å². The van der Waals surface area contributed by atoms with E-state index < -0.39 is 6.04 Å². The molecule has 1 saturated heterocycles. The van der Waals surface area contributed by atoms with E-state index in [-0.39, 0.29) is 23.6 Å². The average molecular weight is 421 g/mol. The fraction of sp³-hybridized carbons (Fsp3) is 0.333. The van der Waals surface area contributed by atoms with Gasteiger partial charge in [-0.3, -0.25) is 14.4 Å². The minimum absolute atomic E-state index is 0.0733. The van der Waals surface area contributed by atoms with Crippen LogP contribution in [0.1, 0.15) is 30.9 Å². The molecule has 1 aromatic carbocycles. The summed E-state index contributed by atoms with van der Waals surface area (Å²) >= 11 is 0. The van der Waals surface area contributed by atoms with Crippen LogP contribution < -0.4 is 10.6 Å². The number of amides is 3. The van der Waals surface area contributed by atoms with E-state index in [1.807, 2.05) is 43.3 Å². The Bertz CT molecular complexity index is 933. The van der Waals surface area contributed by atoms with Crippen molar-refractivity contribution < 1.29 is 14.4 Å². The molecule has 1 fully saturated rings. The van der Waals surface area contributed by atoms with Crippen molar-refractivity contribution in [2.75, 3.05) is 18.4 Å². The highest BCUT2D eigenvalue weighted by Crippen LogP contribution is 2.20. The molecule has 0 bridgehead atoms. The van der Waals surface area contributed by atoms with Crippen LogP contribution in [0, 0.1) is 12.8 Å². The normalized spacial score (nSPS) is 15.5. The Hall–Kier alpha value is -3.48. The van der Waals surface area contributed by atoms with Gasteiger partial charge in [0.1, 0.15) is 11.9 Å². The van der Waals surface area contributed by atoms with Crippen molar-refractivity contribution >= 4 is 29.6 Å². The number of nitrogens with zero attached hydrogens (tertiary/aromatic N) is 2. The molecule has 7 heteroatoms. The van der Waals surface area contributed by atoms with Gasteiger partial charge in [0.05, 0.1) is 0 Å². The summed E-state index contributed by atoms with van der Waals surface area (Å²) in [5.41, 5.74) is 1.94. The quantitative estimate of drug-likeness (QED) is 0.703. The van der Waals surface area contributed by atoms with E-state index >= 15 is 0 Å². The third-order valence-electron chi connectivity index (χ3n) is 5.30. The van der Waals surface area contributed by atoms with Crippen molar-refractivity contribution in [3.63, 3.8) is 0 Å². The highest BCUT2D eigenvalue weighted by Gasteiger charge is 2.29. The molecule has 2 N–H and O–H groups in total. The Kier molecular flexibility index (Phi) is 7.54. The molecule has 0 radical (unpaired) electrons. The highest BCUT2D eigenvalue weighted by molar-refractivity contribution is 5.95. The standard InChI is InChI=1S/C24H28N4O3/c1-17-8-10-21(25-16-17)27-23(30)20-12-14-28(15-13-20)24(31)18(2)26-22(29)11-9-19-6-4-3-5-7-19/h3-11,16,18,20H,12-15H2,1-2H3,(H,26,29)(H,25,27,30). The van der Waals surface area contributed by atoms with Crippen LogP contribution in [0.2, 0.25) is 0 Å². The van der Waals surface area contributed by atoms with E-state index in [0.29, 0.717) is 31.7 Å². The van der Waals surface area contributed by atoms with Gasteiger partial charge < -0.3 is 15.5 Å². The van der Waals surface area contributed by atoms with Crippen LogP contribution in [0.4, 0.5) is 5.82 Å². The van der Waals surface area contributed by atoms with Crippen LogP contribution in [0.15, 0.2) is 54.7 Å². The van der Waals surface area contributed by atoms with Crippen molar-refractivity contribution in [3.8, 4) is 0 Å². The number of benzene rings is 1. The molecule has 162 valence electrons. The first-order valence-corrected chi connectivity index (χ1v) is 10.5. The van der Waals surface area contributed by atoms with Crippen LogP contribution in [0.3, 0.4) is 0 Å². The lowest BCUT2D eigenvalue weighted by Crippen LogP contribution is -2.50. The van der Waals surface area contributed by atoms with Crippen molar-refractivity contribution in [2.24, 2.45) is 5.92 Å². The van der Waals surface area contributed by atoms with E-state index in [1.165, 1.54) is 6.08 Å². The molecule has 1 unspecified atom stereocenters. The summed E-state index contributed by atoms with van der Waals surface area (Å²) < 4.78 is 0. The second kappa shape index (κ2) is 10.5. The van der Waals surface area contributed by atoms with Crippen molar-refractivity contribution in [3.05, 3.63) is 65.9 Å². The molecule has 7 nitrogen and oxygen atoms in total. The van der Waals surface area contributed by atoms with E-state index in [0.717, 1.165) is 11.1 Å². The Morgan fingerprint density at radius 2 is 1.81 bits per heavy atom. The van der Waals surface area contributed by atoms with Gasteiger partial charge in [0.25, 0.3) is 0 Å². The Morgan fingerprint density at radius 1 is 1.10 bits per heavy atom. The topological polar surface area (TPSA) is 91.4 Å². The molecule has 31 heavy (non-hydrogen) atoms. The molecule has 2 heterocycles. The van der Waals surface area contributed by atoms with Crippen LogP contribution in [0.5, 0.6) is 0 Å². The van der Waals surface area contributed by atoms with E-state index in [4.69, 9.17) is 0 Å². The van der Waals surface area contributed by atoms with Crippen LogP contribution in [0.25, 0.3) is 6.08 Å². The number of hydrogen-bond donors (Lipinski definition) is 2. The molecule has 0 saturated carbocycles. The second-order valence-corrected chi connectivity index (χ2v) is 7.78. The minimum atomic E-state index is -0.630. The molecule has 0 spiro atoms. The van der Waals surface area contributed by atoms with E-state index in [1.54, 1.807) is 30.2 Å². The first-order valence-electron chi connectivity index (χ1n) is 10.5. The SMILES string of the molecule is Cc1ccc(NC(=O)C2CCN(C(=O)C(C)NC(=O)C=Cc3ccccc3)CC2)nc1. The molecule has 1 aliphatic heterocycles. The van der Waals surface area contributed by atoms with E-state index in [2.05, 4.69) is 15.6 Å². The molecule has 3 amide bonds. The summed E-state index contributed by atoms with van der Waals surface area (Å²) in [4.78, 5) is 43.2. The predicted molar refractivity (Wildman–Crippen MR) is 120 cm³/mol. The Labute approximate surface area is 182 Å². The maximum atomic E-state index is 12.7. The number of aryl methyl sites for hydroxylation is 1. The number of likely N-dealkylation sites (tertiary alicyclic amines) is 1. The zero-order chi connectivity index (χ0) is 22.2. The predicted octanol–water partition coefficient (Wildman–Crippen LogP) is 2.79. The van der Waals surface area contributed by atoms with Crippen LogP contribution in [-0.4, -0.2) is 46.7 Å². The maximum absolute atomic E-state index is 12.7. The number of anilines is 1. The maximum Gasteiger partial charge on any atom is 0.244 e. The van der Waals surface area contributed by atoms with Gasteiger partial charge in [0, 0.05) is 31.3 Å². The summed E-state index contributed by atoms with van der Waals surface area (Å²) in [6.07, 6.45) is 6.01. The fourth-order valence-electron chi connectivity index (χ4n) is 3.47. The Balaban J connectivity index is 1.44. The second-order valence-electron chi connectivity index (χ2n) is 7.78. The third kappa shape index (κ3) is 6.50. The smallest absolute Gasteiger partial charge is 0.244 e. The van der Waals surface area contributed by atoms with Crippen LogP contribution >= 0.6 is 0 Å². The lowest BCUT2D eigenvalue weighted by Gasteiger charge is -2.33. The molecule has 2 aromatic rings. The lowest BCUT2D eigenvalue weighted by molar-refractivity contribution is -0.137. The number of carbonyl (C=O) groups is 3. The minimum Gasteiger partial charge on any atom is -0.341 e. The zero-order valence-electron chi connectivity index (χ0n) is 17.9. The largest absolute Gasteiger partial charge is 0.341 e. The van der Waals surface area contributed by atoms with Crippen molar-refractivity contribution in [1.29, 1.82) is 0 Å². The molecule has 1 aliphatic rings. The molecular weight excluding hydrogens is 392 g/mol. The monoisotopic (exact) mass is 420 g/mol. The summed E-state index contributed by atoms with van der Waals surface area (Å²) in [6, 6.07) is 12.5. The lowest BCUT2D eigenvalue weighted by atomic mass is 9.95. The van der Waals surface area contributed by atoms with Gasteiger partial charge in [-0.25, -0.2) is 4.98 Å². The number of pyridine rings is 1. The summed E-state index contributed by atoms with van der Waals surface area (Å²) in [5, 5.41) is 5.56. The number of carbonyl (C=O) groups excluding carboxylic acids is 3. The number of piperidine rings is 1. The third-order valence-corrected chi connectivity index (χ3v) is 5.30. The van der Waals surface area contributed by atoms with Gasteiger partial charge in [0.15, 0.2) is 0 Å². The van der Waals surface area contributed by atoms with Gasteiger partial charge >= 0.3 is 0 Å². The van der Waals surface area contributed by atoms with Gasteiger partial charge in [-0.05, 0) is 50.0 Å². The van der Waals surface area contributed by atoms with Crippen LogP contribution in [-0.2, 0) is 14.4 Å². The van der Waals surface area contributed by atoms with Gasteiger partial charge in [-0.1, -0.05) is 36.4 Å². The first kappa shape index (κ1) is 22.2. The molecule has 0 aliphatic carbocycles. The molecular formula is C24H28N4O3. The summed E-state index contributed by atoms with van der Waals surface area (Å²) in [6.45, 7) is 4.59. The van der Waals surface area contributed by atoms with Gasteiger partial charge in [-0.15, -0.1) is 0 Å². The summed E-state index contributed by atoms with van der Waals surface area (Å²) in [5.74, 6) is -0.152. The van der Waals surface area contributed by atoms with Gasteiger partial charge in [-0.2, -0.15) is 0 Å².